The number of nitrogens with zero attached hydrogens (tertiary/aromatic N) is 2. The molecule has 2 aromatic rings. The molecule has 1 saturated heterocycles. The fourth-order valence-electron chi connectivity index (χ4n) is 2.69. The van der Waals surface area contributed by atoms with Crippen molar-refractivity contribution in [3.8, 4) is 17.0 Å². The first-order chi connectivity index (χ1) is 12.4. The van der Waals surface area contributed by atoms with Crippen LogP contribution in [0.4, 0.5) is 0 Å². The van der Waals surface area contributed by atoms with Crippen LogP contribution in [0.1, 0.15) is 12.7 Å². The van der Waals surface area contributed by atoms with Crippen LogP contribution in [0.2, 0.25) is 0 Å². The summed E-state index contributed by atoms with van der Waals surface area (Å²) in [5.74, 6) is 1.94. The summed E-state index contributed by atoms with van der Waals surface area (Å²) >= 11 is 0. The molecule has 3 rings (SSSR count). The van der Waals surface area contributed by atoms with E-state index in [0.29, 0.717) is 30.4 Å². The molecule has 1 fully saturated rings. The highest BCUT2D eigenvalue weighted by molar-refractivity contribution is 5.71. The molecular weight excluding hydrogens is 328 g/mol. The van der Waals surface area contributed by atoms with Crippen LogP contribution in [-0.2, 0) is 4.74 Å². The van der Waals surface area contributed by atoms with Crippen molar-refractivity contribution in [2.24, 2.45) is 0 Å². The van der Waals surface area contributed by atoms with Crippen molar-refractivity contribution < 1.29 is 14.0 Å². The van der Waals surface area contributed by atoms with Crippen molar-refractivity contribution in [1.29, 1.82) is 0 Å². The average molecular weight is 350 g/mol. The number of benzene rings is 1. The molecule has 0 aliphatic carbocycles. The number of ether oxygens (including phenoxy) is 2. The summed E-state index contributed by atoms with van der Waals surface area (Å²) in [7, 11) is 0. The Labute approximate surface area is 153 Å². The second-order valence-electron chi connectivity index (χ2n) is 6.38. The van der Waals surface area contributed by atoms with Crippen LogP contribution in [0.25, 0.3) is 16.8 Å². The van der Waals surface area contributed by atoms with E-state index in [1.54, 1.807) is 12.3 Å². The summed E-state index contributed by atoms with van der Waals surface area (Å²) in [6.45, 7) is 18.2. The predicted octanol–water partition coefficient (Wildman–Crippen LogP) is 4.63. The summed E-state index contributed by atoms with van der Waals surface area (Å²) in [5, 5.41) is 4.06. The Morgan fingerprint density at radius 3 is 2.69 bits per heavy atom. The van der Waals surface area contributed by atoms with Gasteiger partial charge in [0.1, 0.15) is 18.1 Å². The van der Waals surface area contributed by atoms with Crippen molar-refractivity contribution in [2.45, 2.75) is 12.5 Å². The van der Waals surface area contributed by atoms with Gasteiger partial charge in [-0.2, -0.15) is 0 Å². The van der Waals surface area contributed by atoms with Gasteiger partial charge < -0.3 is 18.9 Å². The Bertz CT molecular complexity index is 850. The SMILES string of the molecule is C=CC(=C)c1cc(-c2ccc(OCC3(C)CN(C=C)C(=C)O3)cc2)no1. The van der Waals surface area contributed by atoms with Crippen molar-refractivity contribution >= 4 is 5.57 Å². The van der Waals surface area contributed by atoms with Gasteiger partial charge in [0.05, 0.1) is 6.54 Å². The Morgan fingerprint density at radius 1 is 1.35 bits per heavy atom. The Morgan fingerprint density at radius 2 is 2.08 bits per heavy atom. The van der Waals surface area contributed by atoms with Crippen LogP contribution >= 0.6 is 0 Å². The number of hydrogen-bond donors (Lipinski definition) is 0. The zero-order chi connectivity index (χ0) is 18.7. The van der Waals surface area contributed by atoms with Gasteiger partial charge in [-0.3, -0.25) is 0 Å². The fraction of sp³-hybridized carbons (Fsp3) is 0.190. The number of allylic oxidation sites excluding steroid dienone is 2. The molecule has 1 atom stereocenters. The minimum atomic E-state index is -0.462. The molecule has 134 valence electrons. The molecule has 2 heterocycles. The van der Waals surface area contributed by atoms with Gasteiger partial charge in [-0.05, 0) is 44.0 Å². The molecule has 1 aromatic carbocycles. The third kappa shape index (κ3) is 3.57. The maximum atomic E-state index is 5.89. The summed E-state index contributed by atoms with van der Waals surface area (Å²) in [4.78, 5) is 1.87. The van der Waals surface area contributed by atoms with Crippen molar-refractivity contribution in [3.05, 3.63) is 80.6 Å². The summed E-state index contributed by atoms with van der Waals surface area (Å²) < 4.78 is 17.0. The molecular formula is C21H22N2O3. The van der Waals surface area contributed by atoms with Gasteiger partial charge in [0.15, 0.2) is 17.2 Å². The molecule has 0 bridgehead atoms. The van der Waals surface area contributed by atoms with E-state index in [4.69, 9.17) is 14.0 Å². The van der Waals surface area contributed by atoms with Crippen molar-refractivity contribution in [1.82, 2.24) is 10.1 Å². The number of rotatable bonds is 7. The standard InChI is InChI=1S/C21H22N2O3/c1-6-15(3)20-12-19(22-26-20)17-8-10-18(11-9-17)24-14-21(5)13-23(7-2)16(4)25-21/h6-12H,1-4,13-14H2,5H3. The van der Waals surface area contributed by atoms with E-state index in [9.17, 15) is 0 Å². The zero-order valence-electron chi connectivity index (χ0n) is 14.9. The maximum Gasteiger partial charge on any atom is 0.186 e. The van der Waals surface area contributed by atoms with Crippen LogP contribution in [-0.4, -0.2) is 28.8 Å². The van der Waals surface area contributed by atoms with Crippen molar-refractivity contribution in [2.75, 3.05) is 13.2 Å². The van der Waals surface area contributed by atoms with Crippen molar-refractivity contribution in [3.63, 3.8) is 0 Å². The topological polar surface area (TPSA) is 47.7 Å². The highest BCUT2D eigenvalue weighted by Gasteiger charge is 2.37. The van der Waals surface area contributed by atoms with Gasteiger partial charge in [-0.1, -0.05) is 31.0 Å². The van der Waals surface area contributed by atoms with E-state index in [2.05, 4.69) is 31.5 Å². The van der Waals surface area contributed by atoms with Crippen LogP contribution in [0.15, 0.2) is 79.3 Å². The van der Waals surface area contributed by atoms with Gasteiger partial charge in [0, 0.05) is 17.2 Å². The minimum absolute atomic E-state index is 0.406. The molecule has 5 nitrogen and oxygen atoms in total. The summed E-state index contributed by atoms with van der Waals surface area (Å²) in [5.41, 5.74) is 1.90. The Balaban J connectivity index is 1.64. The molecule has 5 heteroatoms. The van der Waals surface area contributed by atoms with Crippen LogP contribution in [0, 0.1) is 0 Å². The van der Waals surface area contributed by atoms with E-state index in [1.807, 2.05) is 42.2 Å². The molecule has 0 radical (unpaired) electrons. The molecule has 0 saturated carbocycles. The first-order valence-electron chi connectivity index (χ1n) is 8.23. The van der Waals surface area contributed by atoms with E-state index >= 15 is 0 Å². The first kappa shape index (κ1) is 17.6. The lowest BCUT2D eigenvalue weighted by Gasteiger charge is -2.22. The van der Waals surface area contributed by atoms with Gasteiger partial charge in [-0.25, -0.2) is 0 Å². The van der Waals surface area contributed by atoms with Crippen LogP contribution in [0.5, 0.6) is 5.75 Å². The number of aromatic nitrogens is 1. The quantitative estimate of drug-likeness (QED) is 0.682. The molecule has 1 unspecified atom stereocenters. The van der Waals surface area contributed by atoms with E-state index < -0.39 is 5.60 Å². The van der Waals surface area contributed by atoms with Gasteiger partial charge >= 0.3 is 0 Å². The second-order valence-corrected chi connectivity index (χ2v) is 6.38. The zero-order valence-corrected chi connectivity index (χ0v) is 14.9. The lowest BCUT2D eigenvalue weighted by Crippen LogP contribution is -2.36. The van der Waals surface area contributed by atoms with Crippen LogP contribution in [0.3, 0.4) is 0 Å². The highest BCUT2D eigenvalue weighted by atomic mass is 16.6. The number of hydrogen-bond acceptors (Lipinski definition) is 5. The lowest BCUT2D eigenvalue weighted by atomic mass is 10.1. The summed E-state index contributed by atoms with van der Waals surface area (Å²) in [6.07, 6.45) is 3.34. The van der Waals surface area contributed by atoms with E-state index in [-0.39, 0.29) is 0 Å². The molecule has 0 spiro atoms. The Hall–Kier alpha value is -3.21. The molecule has 26 heavy (non-hydrogen) atoms. The molecule has 1 aliphatic heterocycles. The van der Waals surface area contributed by atoms with Gasteiger partial charge in [0.25, 0.3) is 0 Å². The first-order valence-corrected chi connectivity index (χ1v) is 8.23. The average Bonchev–Trinajstić information content (AvgIpc) is 3.25. The Kier molecular flexibility index (Phi) is 4.71. The third-order valence-corrected chi connectivity index (χ3v) is 4.18. The highest BCUT2D eigenvalue weighted by Crippen LogP contribution is 2.29. The van der Waals surface area contributed by atoms with Crippen LogP contribution < -0.4 is 4.74 Å². The summed E-state index contributed by atoms with van der Waals surface area (Å²) in [6, 6.07) is 9.48. The maximum absolute atomic E-state index is 5.89. The lowest BCUT2D eigenvalue weighted by molar-refractivity contribution is 0.0221. The van der Waals surface area contributed by atoms with E-state index in [0.717, 1.165) is 17.0 Å². The predicted molar refractivity (Wildman–Crippen MR) is 102 cm³/mol. The fourth-order valence-corrected chi connectivity index (χ4v) is 2.69. The van der Waals surface area contributed by atoms with E-state index in [1.165, 1.54) is 0 Å². The van der Waals surface area contributed by atoms with Gasteiger partial charge in [0.2, 0.25) is 0 Å². The largest absolute Gasteiger partial charge is 0.489 e. The molecule has 1 aliphatic rings. The molecule has 0 amide bonds. The molecule has 1 aromatic heterocycles. The monoisotopic (exact) mass is 350 g/mol. The molecule has 0 N–H and O–H groups in total. The minimum Gasteiger partial charge on any atom is -0.489 e. The smallest absolute Gasteiger partial charge is 0.186 e. The normalized spacial score (nSPS) is 19.1. The second kappa shape index (κ2) is 6.96. The third-order valence-electron chi connectivity index (χ3n) is 4.18. The van der Waals surface area contributed by atoms with Gasteiger partial charge in [-0.15, -0.1) is 0 Å².